The Morgan fingerprint density at radius 1 is 1.05 bits per heavy atom. The van der Waals surface area contributed by atoms with E-state index in [-0.39, 0.29) is 0 Å². The Balaban J connectivity index is 1.56. The number of hydrogen-bond acceptors (Lipinski definition) is 0. The van der Waals surface area contributed by atoms with Gasteiger partial charge in [0.1, 0.15) is 0 Å². The third-order valence-electron chi connectivity index (χ3n) is 6.41. The van der Waals surface area contributed by atoms with Gasteiger partial charge in [0.2, 0.25) is 0 Å². The molecule has 0 nitrogen and oxygen atoms in total. The van der Waals surface area contributed by atoms with Crippen LogP contribution in [-0.2, 0) is 6.42 Å². The molecule has 1 heteroatoms. The van der Waals surface area contributed by atoms with Crippen LogP contribution in [0.25, 0.3) is 0 Å². The third kappa shape index (κ3) is 2.11. The van der Waals surface area contributed by atoms with E-state index in [2.05, 4.69) is 31.2 Å². The standard InChI is InChI=1S/C19H25Cl/c1-13-4-2-3-5-17(13)9-18(20)19-10-14-6-15(11-19)8-16(7-14)12-19/h2-5,14-16,18H,6-12H2,1H3. The highest BCUT2D eigenvalue weighted by atomic mass is 35.5. The molecule has 1 aromatic rings. The number of hydrogen-bond donors (Lipinski definition) is 0. The van der Waals surface area contributed by atoms with Gasteiger partial charge in [-0.25, -0.2) is 0 Å². The summed E-state index contributed by atoms with van der Waals surface area (Å²) in [4.78, 5) is 0. The maximum Gasteiger partial charge on any atom is 0.0433 e. The second-order valence-electron chi connectivity index (χ2n) is 7.88. The molecule has 0 amide bonds. The number of rotatable bonds is 3. The molecule has 4 fully saturated rings. The molecule has 0 N–H and O–H groups in total. The highest BCUT2D eigenvalue weighted by Crippen LogP contribution is 2.62. The molecule has 4 saturated carbocycles. The second kappa shape index (κ2) is 4.77. The second-order valence-corrected chi connectivity index (χ2v) is 8.40. The van der Waals surface area contributed by atoms with Crippen LogP contribution < -0.4 is 0 Å². The molecular formula is C19H25Cl. The molecule has 108 valence electrons. The summed E-state index contributed by atoms with van der Waals surface area (Å²) in [5.74, 6) is 3.00. The molecule has 0 aromatic heterocycles. The summed E-state index contributed by atoms with van der Waals surface area (Å²) in [6, 6.07) is 8.78. The van der Waals surface area contributed by atoms with Gasteiger partial charge in [-0.15, -0.1) is 11.6 Å². The van der Waals surface area contributed by atoms with Gasteiger partial charge in [0, 0.05) is 5.38 Å². The van der Waals surface area contributed by atoms with Crippen molar-refractivity contribution in [3.63, 3.8) is 0 Å². The fraction of sp³-hybridized carbons (Fsp3) is 0.684. The van der Waals surface area contributed by atoms with Crippen LogP contribution in [0.5, 0.6) is 0 Å². The van der Waals surface area contributed by atoms with Crippen LogP contribution in [0.2, 0.25) is 0 Å². The lowest BCUT2D eigenvalue weighted by atomic mass is 9.48. The van der Waals surface area contributed by atoms with Gasteiger partial charge in [-0.1, -0.05) is 24.3 Å². The van der Waals surface area contributed by atoms with Crippen LogP contribution in [0, 0.1) is 30.1 Å². The zero-order valence-electron chi connectivity index (χ0n) is 12.4. The van der Waals surface area contributed by atoms with Crippen LogP contribution in [0.4, 0.5) is 0 Å². The van der Waals surface area contributed by atoms with E-state index in [0.29, 0.717) is 10.8 Å². The van der Waals surface area contributed by atoms with E-state index in [0.717, 1.165) is 24.2 Å². The van der Waals surface area contributed by atoms with Crippen molar-refractivity contribution < 1.29 is 0 Å². The van der Waals surface area contributed by atoms with Crippen molar-refractivity contribution in [1.29, 1.82) is 0 Å². The summed E-state index contributed by atoms with van der Waals surface area (Å²) >= 11 is 7.01. The minimum Gasteiger partial charge on any atom is -0.122 e. The first-order valence-corrected chi connectivity index (χ1v) is 8.77. The highest BCUT2D eigenvalue weighted by molar-refractivity contribution is 6.21. The lowest BCUT2D eigenvalue weighted by molar-refractivity contribution is -0.0545. The predicted octanol–water partition coefficient (Wildman–Crippen LogP) is 5.36. The summed E-state index contributed by atoms with van der Waals surface area (Å²) in [5.41, 5.74) is 3.34. The van der Waals surface area contributed by atoms with Crippen molar-refractivity contribution in [2.75, 3.05) is 0 Å². The van der Waals surface area contributed by atoms with Gasteiger partial charge in [-0.3, -0.25) is 0 Å². The molecule has 5 rings (SSSR count). The maximum atomic E-state index is 7.01. The smallest absolute Gasteiger partial charge is 0.0433 e. The molecule has 4 bridgehead atoms. The summed E-state index contributed by atoms with van der Waals surface area (Å²) in [7, 11) is 0. The van der Waals surface area contributed by atoms with Crippen LogP contribution >= 0.6 is 11.6 Å². The zero-order valence-corrected chi connectivity index (χ0v) is 13.2. The summed E-state index contributed by atoms with van der Waals surface area (Å²) in [5, 5.41) is 0.344. The number of halogens is 1. The molecule has 4 aliphatic rings. The van der Waals surface area contributed by atoms with Gasteiger partial charge < -0.3 is 0 Å². The molecule has 0 aliphatic heterocycles. The summed E-state index contributed by atoms with van der Waals surface area (Å²) in [6.07, 6.45) is 9.84. The Morgan fingerprint density at radius 2 is 1.60 bits per heavy atom. The van der Waals surface area contributed by atoms with E-state index < -0.39 is 0 Å². The van der Waals surface area contributed by atoms with Gasteiger partial charge in [0.25, 0.3) is 0 Å². The zero-order chi connectivity index (χ0) is 13.7. The Bertz CT molecular complexity index is 469. The van der Waals surface area contributed by atoms with Crippen molar-refractivity contribution in [2.45, 2.75) is 57.2 Å². The molecule has 20 heavy (non-hydrogen) atoms. The van der Waals surface area contributed by atoms with E-state index in [9.17, 15) is 0 Å². The van der Waals surface area contributed by atoms with Gasteiger partial charge in [0.05, 0.1) is 0 Å². The van der Waals surface area contributed by atoms with E-state index in [1.54, 1.807) is 0 Å². The molecule has 1 atom stereocenters. The largest absolute Gasteiger partial charge is 0.122 e. The fourth-order valence-corrected chi connectivity index (χ4v) is 6.24. The number of benzene rings is 1. The van der Waals surface area contributed by atoms with Crippen LogP contribution in [0.3, 0.4) is 0 Å². The molecule has 0 saturated heterocycles. The quantitative estimate of drug-likeness (QED) is 0.657. The van der Waals surface area contributed by atoms with Crippen LogP contribution in [0.15, 0.2) is 24.3 Å². The van der Waals surface area contributed by atoms with Crippen molar-refractivity contribution in [3.8, 4) is 0 Å². The Labute approximate surface area is 127 Å². The van der Waals surface area contributed by atoms with Gasteiger partial charge in [-0.05, 0) is 86.2 Å². The molecule has 0 radical (unpaired) electrons. The van der Waals surface area contributed by atoms with Crippen LogP contribution in [0.1, 0.15) is 49.7 Å². The van der Waals surface area contributed by atoms with E-state index in [4.69, 9.17) is 11.6 Å². The Hall–Kier alpha value is -0.490. The van der Waals surface area contributed by atoms with Gasteiger partial charge in [-0.2, -0.15) is 0 Å². The van der Waals surface area contributed by atoms with Gasteiger partial charge in [0.15, 0.2) is 0 Å². The normalized spacial score (nSPS) is 40.0. The lowest BCUT2D eigenvalue weighted by Crippen LogP contribution is -2.50. The van der Waals surface area contributed by atoms with Crippen molar-refractivity contribution in [3.05, 3.63) is 35.4 Å². The van der Waals surface area contributed by atoms with E-state index in [1.165, 1.54) is 49.7 Å². The topological polar surface area (TPSA) is 0 Å². The van der Waals surface area contributed by atoms with Gasteiger partial charge >= 0.3 is 0 Å². The molecule has 1 aromatic carbocycles. The molecule has 4 aliphatic carbocycles. The number of alkyl halides is 1. The third-order valence-corrected chi connectivity index (χ3v) is 7.03. The first-order valence-electron chi connectivity index (χ1n) is 8.33. The van der Waals surface area contributed by atoms with E-state index >= 15 is 0 Å². The Kier molecular flexibility index (Phi) is 3.14. The molecule has 1 unspecified atom stereocenters. The first kappa shape index (κ1) is 13.2. The monoisotopic (exact) mass is 288 g/mol. The first-order chi connectivity index (χ1) is 9.64. The van der Waals surface area contributed by atoms with Crippen molar-refractivity contribution >= 4 is 11.6 Å². The SMILES string of the molecule is Cc1ccccc1CC(Cl)C12CC3CC(CC(C3)C1)C2. The number of aryl methyl sites for hydroxylation is 1. The molecular weight excluding hydrogens is 264 g/mol. The lowest BCUT2D eigenvalue weighted by Gasteiger charge is -2.58. The van der Waals surface area contributed by atoms with Crippen molar-refractivity contribution in [2.24, 2.45) is 23.2 Å². The maximum absolute atomic E-state index is 7.01. The summed E-state index contributed by atoms with van der Waals surface area (Å²) in [6.45, 7) is 2.22. The summed E-state index contributed by atoms with van der Waals surface area (Å²) < 4.78 is 0. The molecule has 0 spiro atoms. The highest BCUT2D eigenvalue weighted by Gasteiger charge is 2.53. The minimum atomic E-state index is 0.344. The average molecular weight is 289 g/mol. The fourth-order valence-electron chi connectivity index (χ4n) is 5.81. The Morgan fingerprint density at radius 3 is 2.15 bits per heavy atom. The predicted molar refractivity (Wildman–Crippen MR) is 85.1 cm³/mol. The van der Waals surface area contributed by atoms with E-state index in [1.807, 2.05) is 0 Å². The van der Waals surface area contributed by atoms with Crippen LogP contribution in [-0.4, -0.2) is 5.38 Å². The van der Waals surface area contributed by atoms with Crippen molar-refractivity contribution in [1.82, 2.24) is 0 Å². The average Bonchev–Trinajstić information content (AvgIpc) is 2.40. The molecule has 0 heterocycles. The minimum absolute atomic E-state index is 0.344.